The summed E-state index contributed by atoms with van der Waals surface area (Å²) in [6, 6.07) is 17.3. The van der Waals surface area contributed by atoms with Crippen molar-refractivity contribution in [1.29, 1.82) is 0 Å². The third-order valence-electron chi connectivity index (χ3n) is 3.73. The van der Waals surface area contributed by atoms with Crippen LogP contribution in [0.2, 0.25) is 0 Å². The molecule has 2 aromatic carbocycles. The first-order valence-electron chi connectivity index (χ1n) is 8.55. The van der Waals surface area contributed by atoms with E-state index in [0.717, 1.165) is 16.9 Å². The summed E-state index contributed by atoms with van der Waals surface area (Å²) in [6.07, 6.45) is 0.789. The molecule has 1 heterocycles. The molecule has 1 N–H and O–H groups in total. The summed E-state index contributed by atoms with van der Waals surface area (Å²) in [5.74, 6) is 1.68. The first-order chi connectivity index (χ1) is 12.7. The number of carbonyl (C=O) groups is 1. The normalized spacial score (nSPS) is 10.5. The van der Waals surface area contributed by atoms with E-state index in [1.807, 2.05) is 61.5 Å². The molecule has 0 unspecified atom stereocenters. The van der Waals surface area contributed by atoms with E-state index in [0.29, 0.717) is 37.8 Å². The number of nitrogens with zero attached hydrogens (tertiary/aromatic N) is 2. The molecule has 0 aliphatic heterocycles. The number of carbonyl (C=O) groups excluding carboxylic acids is 1. The van der Waals surface area contributed by atoms with E-state index in [-0.39, 0.29) is 5.91 Å². The molecule has 0 bridgehead atoms. The van der Waals surface area contributed by atoms with Crippen LogP contribution in [0.1, 0.15) is 17.9 Å². The quantitative estimate of drug-likeness (QED) is 0.674. The topological polar surface area (TPSA) is 77.2 Å². The fraction of sp³-hybridized carbons (Fsp3) is 0.250. The van der Waals surface area contributed by atoms with Crippen molar-refractivity contribution in [2.75, 3.05) is 13.2 Å². The van der Waals surface area contributed by atoms with Gasteiger partial charge in [-0.05, 0) is 31.2 Å². The van der Waals surface area contributed by atoms with Crippen LogP contribution >= 0.6 is 0 Å². The van der Waals surface area contributed by atoms with Gasteiger partial charge in [0.05, 0.1) is 13.0 Å². The second-order valence-electron chi connectivity index (χ2n) is 5.88. The largest absolute Gasteiger partial charge is 0.493 e. The molecule has 1 amide bonds. The monoisotopic (exact) mass is 351 g/mol. The number of para-hydroxylation sites is 1. The average molecular weight is 351 g/mol. The molecule has 6 heteroatoms. The van der Waals surface area contributed by atoms with E-state index in [4.69, 9.17) is 9.15 Å². The highest BCUT2D eigenvalue weighted by molar-refractivity contribution is 5.75. The van der Waals surface area contributed by atoms with Crippen molar-refractivity contribution < 1.29 is 13.9 Å². The maximum absolute atomic E-state index is 11.8. The van der Waals surface area contributed by atoms with Crippen LogP contribution in [0.25, 0.3) is 11.5 Å². The molecule has 3 aromatic rings. The van der Waals surface area contributed by atoms with Crippen LogP contribution in [0.3, 0.4) is 0 Å². The average Bonchev–Trinajstić information content (AvgIpc) is 3.12. The molecule has 0 radical (unpaired) electrons. The van der Waals surface area contributed by atoms with Gasteiger partial charge in [-0.25, -0.2) is 0 Å². The second kappa shape index (κ2) is 8.80. The Morgan fingerprint density at radius 3 is 2.77 bits per heavy atom. The van der Waals surface area contributed by atoms with Gasteiger partial charge in [0.15, 0.2) is 0 Å². The van der Waals surface area contributed by atoms with Gasteiger partial charge < -0.3 is 14.5 Å². The van der Waals surface area contributed by atoms with E-state index in [9.17, 15) is 4.79 Å². The molecule has 0 saturated carbocycles. The molecule has 1 aromatic heterocycles. The number of hydrogen-bond acceptors (Lipinski definition) is 5. The molecular weight excluding hydrogens is 330 g/mol. The first-order valence-corrected chi connectivity index (χ1v) is 8.55. The Kier molecular flexibility index (Phi) is 5.98. The van der Waals surface area contributed by atoms with Gasteiger partial charge in [0.25, 0.3) is 0 Å². The number of benzene rings is 2. The zero-order chi connectivity index (χ0) is 18.2. The van der Waals surface area contributed by atoms with Crippen molar-refractivity contribution in [2.45, 2.75) is 19.8 Å². The highest BCUT2D eigenvalue weighted by atomic mass is 16.5. The summed E-state index contributed by atoms with van der Waals surface area (Å²) in [6.45, 7) is 2.80. The van der Waals surface area contributed by atoms with Crippen molar-refractivity contribution >= 4 is 5.91 Å². The molecule has 134 valence electrons. The van der Waals surface area contributed by atoms with E-state index in [1.54, 1.807) is 0 Å². The minimum Gasteiger partial charge on any atom is -0.493 e. The van der Waals surface area contributed by atoms with Gasteiger partial charge in [-0.3, -0.25) is 4.79 Å². The van der Waals surface area contributed by atoms with Gasteiger partial charge in [-0.2, -0.15) is 0 Å². The van der Waals surface area contributed by atoms with Crippen molar-refractivity contribution in [1.82, 2.24) is 15.5 Å². The summed E-state index contributed by atoms with van der Waals surface area (Å²) in [4.78, 5) is 11.8. The van der Waals surface area contributed by atoms with Crippen molar-refractivity contribution in [3.8, 4) is 17.2 Å². The zero-order valence-corrected chi connectivity index (χ0v) is 14.6. The van der Waals surface area contributed by atoms with Gasteiger partial charge in [-0.15, -0.1) is 10.2 Å². The van der Waals surface area contributed by atoms with Gasteiger partial charge in [0.1, 0.15) is 5.75 Å². The van der Waals surface area contributed by atoms with Crippen LogP contribution in [-0.4, -0.2) is 29.3 Å². The third kappa shape index (κ3) is 5.17. The summed E-state index contributed by atoms with van der Waals surface area (Å²) in [7, 11) is 0. The predicted molar refractivity (Wildman–Crippen MR) is 97.7 cm³/mol. The Morgan fingerprint density at radius 2 is 1.96 bits per heavy atom. The number of ether oxygens (including phenoxy) is 1. The Labute approximate surface area is 152 Å². The Hall–Kier alpha value is -3.15. The maximum atomic E-state index is 11.8. The fourth-order valence-electron chi connectivity index (χ4n) is 2.42. The molecule has 0 aliphatic rings. The SMILES string of the molecule is Cc1cccc(-c2nnc(CCNC(=O)CCOc3ccccc3)o2)c1. The molecule has 0 fully saturated rings. The van der Waals surface area contributed by atoms with Gasteiger partial charge >= 0.3 is 0 Å². The summed E-state index contributed by atoms with van der Waals surface area (Å²) in [5, 5.41) is 10.9. The molecule has 3 rings (SSSR count). The highest BCUT2D eigenvalue weighted by Gasteiger charge is 2.09. The number of aromatic nitrogens is 2. The van der Waals surface area contributed by atoms with Crippen LogP contribution in [0, 0.1) is 6.92 Å². The van der Waals surface area contributed by atoms with Gasteiger partial charge in [-0.1, -0.05) is 35.9 Å². The van der Waals surface area contributed by atoms with Gasteiger partial charge in [0.2, 0.25) is 17.7 Å². The summed E-state index contributed by atoms with van der Waals surface area (Å²) >= 11 is 0. The first kappa shape index (κ1) is 17.7. The summed E-state index contributed by atoms with van der Waals surface area (Å²) < 4.78 is 11.1. The lowest BCUT2D eigenvalue weighted by Gasteiger charge is -2.06. The third-order valence-corrected chi connectivity index (χ3v) is 3.73. The lowest BCUT2D eigenvalue weighted by molar-refractivity contribution is -0.121. The van der Waals surface area contributed by atoms with E-state index in [1.165, 1.54) is 0 Å². The standard InChI is InChI=1S/C20H21N3O3/c1-15-6-5-7-16(14-15)20-23-22-19(26-20)10-12-21-18(24)11-13-25-17-8-3-2-4-9-17/h2-9,14H,10-13H2,1H3,(H,21,24). The van der Waals surface area contributed by atoms with E-state index >= 15 is 0 Å². The van der Waals surface area contributed by atoms with Crippen LogP contribution in [0.5, 0.6) is 5.75 Å². The molecule has 0 spiro atoms. The molecule has 0 aliphatic carbocycles. The maximum Gasteiger partial charge on any atom is 0.247 e. The van der Waals surface area contributed by atoms with Gasteiger partial charge in [0, 0.05) is 18.5 Å². The van der Waals surface area contributed by atoms with Crippen LogP contribution in [0.15, 0.2) is 59.0 Å². The molecule has 0 atom stereocenters. The van der Waals surface area contributed by atoms with Crippen molar-refractivity contribution in [3.05, 3.63) is 66.1 Å². The number of nitrogens with one attached hydrogen (secondary N) is 1. The molecular formula is C20H21N3O3. The number of hydrogen-bond donors (Lipinski definition) is 1. The second-order valence-corrected chi connectivity index (χ2v) is 5.88. The number of rotatable bonds is 8. The van der Waals surface area contributed by atoms with Crippen LogP contribution in [0.4, 0.5) is 0 Å². The van der Waals surface area contributed by atoms with E-state index < -0.39 is 0 Å². The number of aryl methyl sites for hydroxylation is 1. The van der Waals surface area contributed by atoms with Crippen LogP contribution in [-0.2, 0) is 11.2 Å². The highest BCUT2D eigenvalue weighted by Crippen LogP contribution is 2.18. The predicted octanol–water partition coefficient (Wildman–Crippen LogP) is 3.17. The van der Waals surface area contributed by atoms with E-state index in [2.05, 4.69) is 15.5 Å². The van der Waals surface area contributed by atoms with Crippen molar-refractivity contribution in [2.24, 2.45) is 0 Å². The fourth-order valence-corrected chi connectivity index (χ4v) is 2.42. The molecule has 26 heavy (non-hydrogen) atoms. The Balaban J connectivity index is 1.39. The molecule has 0 saturated heterocycles. The lowest BCUT2D eigenvalue weighted by Crippen LogP contribution is -2.27. The van der Waals surface area contributed by atoms with Crippen molar-refractivity contribution in [3.63, 3.8) is 0 Å². The Bertz CT molecular complexity index is 846. The molecule has 6 nitrogen and oxygen atoms in total. The Morgan fingerprint density at radius 1 is 1.12 bits per heavy atom. The summed E-state index contributed by atoms with van der Waals surface area (Å²) in [5.41, 5.74) is 2.03. The number of amides is 1. The minimum atomic E-state index is -0.0700. The van der Waals surface area contributed by atoms with Crippen LogP contribution < -0.4 is 10.1 Å². The minimum absolute atomic E-state index is 0.0700. The zero-order valence-electron chi connectivity index (χ0n) is 14.6. The smallest absolute Gasteiger partial charge is 0.247 e. The lowest BCUT2D eigenvalue weighted by atomic mass is 10.1.